The summed E-state index contributed by atoms with van der Waals surface area (Å²) in [6.07, 6.45) is 2.93. The third kappa shape index (κ3) is 2.07. The number of hydrogen-bond acceptors (Lipinski definition) is 6. The van der Waals surface area contributed by atoms with Crippen molar-refractivity contribution in [2.75, 3.05) is 5.73 Å². The molecular weight excluding hydrogens is 272 g/mol. The van der Waals surface area contributed by atoms with Gasteiger partial charge in [0.15, 0.2) is 16.0 Å². The first-order valence-corrected chi connectivity index (χ1v) is 6.22. The molecule has 0 saturated carbocycles. The molecule has 2 N–H and O–H groups in total. The average molecular weight is 279 g/mol. The zero-order valence-corrected chi connectivity index (χ0v) is 10.6. The Morgan fingerprint density at radius 1 is 1.22 bits per heavy atom. The van der Waals surface area contributed by atoms with Crippen molar-refractivity contribution in [2.24, 2.45) is 0 Å². The van der Waals surface area contributed by atoms with E-state index in [-0.39, 0.29) is 5.15 Å². The summed E-state index contributed by atoms with van der Waals surface area (Å²) < 4.78 is 6.57. The van der Waals surface area contributed by atoms with E-state index < -0.39 is 0 Å². The second kappa shape index (κ2) is 4.40. The largest absolute Gasteiger partial charge is 0.435 e. The van der Waals surface area contributed by atoms with Gasteiger partial charge in [-0.1, -0.05) is 29.0 Å². The van der Waals surface area contributed by atoms with Crippen molar-refractivity contribution in [3.05, 3.63) is 35.7 Å². The van der Waals surface area contributed by atoms with E-state index in [0.717, 1.165) is 4.70 Å². The Bertz CT molecular complexity index is 715. The standard InChI is InChI=1S/C11H7ClN4OS/c12-8-4-14-5-9(15-8)17-6-2-1-3-7-10(6)16-11(13)18-7/h1-5H,(H2,13,16). The first-order valence-electron chi connectivity index (χ1n) is 5.03. The van der Waals surface area contributed by atoms with Gasteiger partial charge in [-0.3, -0.25) is 4.98 Å². The van der Waals surface area contributed by atoms with E-state index in [9.17, 15) is 0 Å². The van der Waals surface area contributed by atoms with Crippen LogP contribution in [0, 0.1) is 0 Å². The molecule has 0 fully saturated rings. The monoisotopic (exact) mass is 278 g/mol. The molecule has 0 atom stereocenters. The molecule has 0 aliphatic heterocycles. The lowest BCUT2D eigenvalue weighted by Crippen LogP contribution is -1.90. The number of thiazole rings is 1. The van der Waals surface area contributed by atoms with E-state index in [1.165, 1.54) is 23.7 Å². The van der Waals surface area contributed by atoms with Crippen molar-refractivity contribution in [1.29, 1.82) is 0 Å². The number of ether oxygens (including phenoxy) is 1. The second-order valence-electron chi connectivity index (χ2n) is 3.44. The summed E-state index contributed by atoms with van der Waals surface area (Å²) in [5.41, 5.74) is 6.39. The molecular formula is C11H7ClN4OS. The lowest BCUT2D eigenvalue weighted by atomic mass is 10.3. The van der Waals surface area contributed by atoms with E-state index in [1.807, 2.05) is 12.1 Å². The molecule has 3 rings (SSSR count). The molecule has 0 aliphatic carbocycles. The van der Waals surface area contributed by atoms with E-state index in [4.69, 9.17) is 22.1 Å². The highest BCUT2D eigenvalue weighted by Crippen LogP contribution is 2.32. The van der Waals surface area contributed by atoms with Gasteiger partial charge in [0.25, 0.3) is 0 Å². The van der Waals surface area contributed by atoms with Crippen molar-refractivity contribution < 1.29 is 4.74 Å². The van der Waals surface area contributed by atoms with Crippen LogP contribution in [0.3, 0.4) is 0 Å². The molecule has 0 radical (unpaired) electrons. The van der Waals surface area contributed by atoms with Gasteiger partial charge in [-0.05, 0) is 12.1 Å². The number of halogens is 1. The van der Waals surface area contributed by atoms with Gasteiger partial charge < -0.3 is 10.5 Å². The van der Waals surface area contributed by atoms with Crippen LogP contribution < -0.4 is 10.5 Å². The third-order valence-electron chi connectivity index (χ3n) is 2.20. The summed E-state index contributed by atoms with van der Waals surface area (Å²) in [5.74, 6) is 0.901. The lowest BCUT2D eigenvalue weighted by molar-refractivity contribution is 0.464. The Morgan fingerprint density at radius 2 is 2.11 bits per heavy atom. The predicted molar refractivity (Wildman–Crippen MR) is 71.1 cm³/mol. The van der Waals surface area contributed by atoms with Crippen molar-refractivity contribution in [1.82, 2.24) is 15.0 Å². The number of rotatable bonds is 2. The Morgan fingerprint density at radius 3 is 2.94 bits per heavy atom. The van der Waals surface area contributed by atoms with Gasteiger partial charge in [0.05, 0.1) is 17.1 Å². The van der Waals surface area contributed by atoms with Gasteiger partial charge >= 0.3 is 0 Å². The summed E-state index contributed by atoms with van der Waals surface area (Å²) in [6.45, 7) is 0. The molecule has 5 nitrogen and oxygen atoms in total. The van der Waals surface area contributed by atoms with Gasteiger partial charge in [0.2, 0.25) is 5.88 Å². The van der Waals surface area contributed by atoms with Crippen LogP contribution in [0.4, 0.5) is 5.13 Å². The van der Waals surface area contributed by atoms with Gasteiger partial charge in [0, 0.05) is 0 Å². The molecule has 0 amide bonds. The molecule has 2 heterocycles. The van der Waals surface area contributed by atoms with E-state index in [2.05, 4.69) is 15.0 Å². The van der Waals surface area contributed by atoms with E-state index in [1.54, 1.807) is 6.07 Å². The molecule has 2 aromatic heterocycles. The molecule has 18 heavy (non-hydrogen) atoms. The summed E-state index contributed by atoms with van der Waals surface area (Å²) in [5, 5.41) is 0.774. The van der Waals surface area contributed by atoms with Crippen LogP contribution in [0.25, 0.3) is 10.2 Å². The predicted octanol–water partition coefficient (Wildman–Crippen LogP) is 3.11. The normalized spacial score (nSPS) is 10.7. The summed E-state index contributed by atoms with van der Waals surface area (Å²) in [4.78, 5) is 12.1. The molecule has 3 aromatic rings. The van der Waals surface area contributed by atoms with Crippen molar-refractivity contribution in [3.8, 4) is 11.6 Å². The maximum atomic E-state index is 5.75. The van der Waals surface area contributed by atoms with Gasteiger partial charge in [-0.25, -0.2) is 4.98 Å². The minimum atomic E-state index is 0.275. The molecule has 1 aromatic carbocycles. The maximum absolute atomic E-state index is 5.75. The van der Waals surface area contributed by atoms with Crippen LogP contribution in [0.5, 0.6) is 11.6 Å². The topological polar surface area (TPSA) is 73.9 Å². The zero-order valence-electron chi connectivity index (χ0n) is 9.00. The molecule has 0 spiro atoms. The van der Waals surface area contributed by atoms with Crippen molar-refractivity contribution >= 4 is 38.3 Å². The van der Waals surface area contributed by atoms with Gasteiger partial charge in [0.1, 0.15) is 5.52 Å². The second-order valence-corrected chi connectivity index (χ2v) is 4.89. The Labute approximate surface area is 111 Å². The summed E-state index contributed by atoms with van der Waals surface area (Å²) >= 11 is 7.15. The third-order valence-corrected chi connectivity index (χ3v) is 3.23. The van der Waals surface area contributed by atoms with Crippen LogP contribution >= 0.6 is 22.9 Å². The number of para-hydroxylation sites is 1. The van der Waals surface area contributed by atoms with Crippen molar-refractivity contribution in [2.45, 2.75) is 0 Å². The SMILES string of the molecule is Nc1nc2c(Oc3cncc(Cl)n3)cccc2s1. The number of nitrogens with two attached hydrogens (primary N) is 1. The smallest absolute Gasteiger partial charge is 0.239 e. The Hall–Kier alpha value is -1.92. The molecule has 0 aliphatic rings. The fourth-order valence-electron chi connectivity index (χ4n) is 1.51. The fourth-order valence-corrected chi connectivity index (χ4v) is 2.40. The molecule has 90 valence electrons. The minimum Gasteiger partial charge on any atom is -0.435 e. The van der Waals surface area contributed by atoms with Crippen LogP contribution in [-0.2, 0) is 0 Å². The zero-order chi connectivity index (χ0) is 12.5. The highest BCUT2D eigenvalue weighted by molar-refractivity contribution is 7.22. The number of hydrogen-bond donors (Lipinski definition) is 1. The number of anilines is 1. The molecule has 0 unspecified atom stereocenters. The fraction of sp³-hybridized carbons (Fsp3) is 0. The van der Waals surface area contributed by atoms with Crippen LogP contribution in [0.15, 0.2) is 30.6 Å². The number of fused-ring (bicyclic) bond motifs is 1. The van der Waals surface area contributed by atoms with E-state index in [0.29, 0.717) is 22.3 Å². The van der Waals surface area contributed by atoms with Gasteiger partial charge in [-0.15, -0.1) is 0 Å². The van der Waals surface area contributed by atoms with Crippen LogP contribution in [0.2, 0.25) is 5.15 Å². The molecule has 0 saturated heterocycles. The molecule has 0 bridgehead atoms. The average Bonchev–Trinajstić information content (AvgIpc) is 2.71. The minimum absolute atomic E-state index is 0.275. The quantitative estimate of drug-likeness (QED) is 0.779. The Balaban J connectivity index is 2.04. The number of nitrogens with zero attached hydrogens (tertiary/aromatic N) is 3. The summed E-state index contributed by atoms with van der Waals surface area (Å²) in [7, 11) is 0. The number of nitrogen functional groups attached to an aromatic ring is 1. The first kappa shape index (κ1) is 11.2. The number of aromatic nitrogens is 3. The highest BCUT2D eigenvalue weighted by Gasteiger charge is 2.09. The van der Waals surface area contributed by atoms with Crippen LogP contribution in [-0.4, -0.2) is 15.0 Å². The first-order chi connectivity index (χ1) is 8.72. The lowest BCUT2D eigenvalue weighted by Gasteiger charge is -2.04. The number of benzene rings is 1. The molecule has 7 heteroatoms. The maximum Gasteiger partial charge on any atom is 0.239 e. The highest BCUT2D eigenvalue weighted by atomic mass is 35.5. The summed E-state index contributed by atoms with van der Waals surface area (Å²) in [6, 6.07) is 5.59. The van der Waals surface area contributed by atoms with Crippen molar-refractivity contribution in [3.63, 3.8) is 0 Å². The van der Waals surface area contributed by atoms with Crippen LogP contribution in [0.1, 0.15) is 0 Å². The van der Waals surface area contributed by atoms with E-state index >= 15 is 0 Å². The van der Waals surface area contributed by atoms with Gasteiger partial charge in [-0.2, -0.15) is 4.98 Å². The Kier molecular flexibility index (Phi) is 2.73.